The summed E-state index contributed by atoms with van der Waals surface area (Å²) in [4.78, 5) is 35.3. The van der Waals surface area contributed by atoms with Crippen molar-refractivity contribution in [1.29, 1.82) is 0 Å². The molecule has 3 aromatic carbocycles. The number of carbonyl (C=O) groups is 1. The van der Waals surface area contributed by atoms with Gasteiger partial charge in [-0.15, -0.1) is 0 Å². The third kappa shape index (κ3) is 8.70. The molecule has 47 heavy (non-hydrogen) atoms. The second-order valence-corrected chi connectivity index (χ2v) is 12.2. The van der Waals surface area contributed by atoms with Crippen molar-refractivity contribution in [3.8, 4) is 11.1 Å². The SMILES string of the molecule is [2H]C([2H])(Sc1nc(=O)c2c(n1CC(=O)N(CCN(CC)CC)Cc1ccc(-c3ccc(C(F)(F)F)cc3)cc1)CCC2)c1ccc(F)cc1. The number of hydrogen-bond donors (Lipinski definition) is 0. The molecule has 0 atom stereocenters. The first-order valence-electron chi connectivity index (χ1n) is 16.6. The van der Waals surface area contributed by atoms with E-state index in [0.717, 1.165) is 54.5 Å². The maximum Gasteiger partial charge on any atom is 0.416 e. The van der Waals surface area contributed by atoms with Crippen molar-refractivity contribution < 1.29 is 25.1 Å². The summed E-state index contributed by atoms with van der Waals surface area (Å²) in [5, 5.41) is 0.0814. The molecule has 1 aliphatic carbocycles. The summed E-state index contributed by atoms with van der Waals surface area (Å²) in [6, 6.07) is 17.3. The lowest BCUT2D eigenvalue weighted by Gasteiger charge is -2.28. The van der Waals surface area contributed by atoms with Gasteiger partial charge in [-0.3, -0.25) is 9.59 Å². The number of thioether (sulfide) groups is 1. The highest BCUT2D eigenvalue weighted by Gasteiger charge is 2.30. The number of aromatic nitrogens is 2. The molecule has 0 unspecified atom stereocenters. The van der Waals surface area contributed by atoms with E-state index >= 15 is 0 Å². The van der Waals surface area contributed by atoms with Gasteiger partial charge in [0.1, 0.15) is 12.4 Å². The number of carbonyl (C=O) groups excluding carboxylic acids is 1. The number of amides is 1. The van der Waals surface area contributed by atoms with Gasteiger partial charge in [-0.05, 0) is 78.9 Å². The molecule has 0 N–H and O–H groups in total. The standard InChI is InChI=1S/C36H38F4N4O2S/c1-3-42(4-2)20-21-43(22-25-8-12-27(13-9-25)28-14-16-29(17-15-28)36(38,39)40)33(45)23-44-32-7-5-6-31(32)34(46)41-35(44)47-24-26-10-18-30(37)19-11-26/h8-19H,3-7,20-24H2,1-2H3/i24D2. The number of halogens is 4. The van der Waals surface area contributed by atoms with Crippen LogP contribution in [-0.2, 0) is 42.6 Å². The molecule has 1 heterocycles. The van der Waals surface area contributed by atoms with Gasteiger partial charge in [0.05, 0.1) is 5.56 Å². The number of fused-ring (bicyclic) bond motifs is 1. The third-order valence-electron chi connectivity index (χ3n) is 8.40. The quantitative estimate of drug-likeness (QED) is 0.0856. The molecule has 0 fully saturated rings. The normalized spacial score (nSPS) is 13.8. The van der Waals surface area contributed by atoms with E-state index in [0.29, 0.717) is 42.8 Å². The molecule has 0 radical (unpaired) electrons. The summed E-state index contributed by atoms with van der Waals surface area (Å²) >= 11 is 0.718. The fourth-order valence-electron chi connectivity index (χ4n) is 5.65. The smallest absolute Gasteiger partial charge is 0.336 e. The van der Waals surface area contributed by atoms with E-state index in [-0.39, 0.29) is 29.7 Å². The lowest BCUT2D eigenvalue weighted by molar-refractivity contribution is -0.137. The molecule has 11 heteroatoms. The molecule has 1 amide bonds. The van der Waals surface area contributed by atoms with Crippen molar-refractivity contribution in [3.05, 3.63) is 117 Å². The zero-order valence-electron chi connectivity index (χ0n) is 28.3. The summed E-state index contributed by atoms with van der Waals surface area (Å²) in [5.74, 6) is -0.732. The van der Waals surface area contributed by atoms with Crippen molar-refractivity contribution in [1.82, 2.24) is 19.4 Å². The van der Waals surface area contributed by atoms with Crippen molar-refractivity contribution >= 4 is 17.7 Å². The summed E-state index contributed by atoms with van der Waals surface area (Å²) in [7, 11) is 0. The van der Waals surface area contributed by atoms with Gasteiger partial charge in [-0.25, -0.2) is 4.39 Å². The average molecular weight is 669 g/mol. The molecule has 1 aromatic heterocycles. The van der Waals surface area contributed by atoms with Crippen LogP contribution in [0.1, 0.15) is 51.0 Å². The molecular weight excluding hydrogens is 628 g/mol. The second kappa shape index (κ2) is 15.3. The Morgan fingerprint density at radius 2 is 1.53 bits per heavy atom. The lowest BCUT2D eigenvalue weighted by Crippen LogP contribution is -2.40. The van der Waals surface area contributed by atoms with Gasteiger partial charge in [0, 0.05) is 39.3 Å². The van der Waals surface area contributed by atoms with Gasteiger partial charge in [-0.1, -0.05) is 74.1 Å². The first-order chi connectivity index (χ1) is 23.3. The predicted octanol–water partition coefficient (Wildman–Crippen LogP) is 7.22. The summed E-state index contributed by atoms with van der Waals surface area (Å²) < 4.78 is 71.8. The first-order valence-corrected chi connectivity index (χ1v) is 16.4. The molecule has 0 aliphatic heterocycles. The number of benzene rings is 3. The maximum absolute atomic E-state index is 14.2. The van der Waals surface area contributed by atoms with Crippen molar-refractivity contribution in [2.24, 2.45) is 0 Å². The van der Waals surface area contributed by atoms with Gasteiger partial charge in [-0.2, -0.15) is 18.2 Å². The molecule has 1 aliphatic rings. The highest BCUT2D eigenvalue weighted by atomic mass is 32.2. The van der Waals surface area contributed by atoms with E-state index in [1.54, 1.807) is 9.47 Å². The minimum Gasteiger partial charge on any atom is -0.336 e. The Labute approximate surface area is 279 Å². The molecule has 6 nitrogen and oxygen atoms in total. The third-order valence-corrected chi connectivity index (χ3v) is 9.24. The minimum absolute atomic E-state index is 0.0814. The Bertz CT molecular complexity index is 1810. The second-order valence-electron chi connectivity index (χ2n) is 11.4. The fourth-order valence-corrected chi connectivity index (χ4v) is 6.41. The van der Waals surface area contributed by atoms with Crippen LogP contribution in [0.4, 0.5) is 17.6 Å². The molecular formula is C36H38F4N4O2S. The Morgan fingerprint density at radius 3 is 2.15 bits per heavy atom. The van der Waals surface area contributed by atoms with E-state index in [1.165, 1.54) is 36.4 Å². The predicted molar refractivity (Wildman–Crippen MR) is 177 cm³/mol. The number of rotatable bonds is 13. The van der Waals surface area contributed by atoms with Crippen molar-refractivity contribution in [3.63, 3.8) is 0 Å². The highest BCUT2D eigenvalue weighted by molar-refractivity contribution is 7.98. The van der Waals surface area contributed by atoms with Crippen LogP contribution in [0.2, 0.25) is 0 Å². The highest BCUT2D eigenvalue weighted by Crippen LogP contribution is 2.31. The zero-order chi connectivity index (χ0) is 35.3. The van der Waals surface area contributed by atoms with Gasteiger partial charge in [0.25, 0.3) is 5.56 Å². The maximum atomic E-state index is 14.2. The van der Waals surface area contributed by atoms with Gasteiger partial charge in [0.2, 0.25) is 5.91 Å². The Hall–Kier alpha value is -3.96. The van der Waals surface area contributed by atoms with E-state index in [1.807, 2.05) is 38.1 Å². The van der Waals surface area contributed by atoms with E-state index < -0.39 is 28.8 Å². The molecule has 0 spiro atoms. The fraction of sp³-hybridized carbons (Fsp3) is 0.361. The van der Waals surface area contributed by atoms with Crippen LogP contribution in [-0.4, -0.2) is 51.4 Å². The van der Waals surface area contributed by atoms with Gasteiger partial charge in [0.15, 0.2) is 5.16 Å². The largest absolute Gasteiger partial charge is 0.416 e. The molecule has 0 saturated carbocycles. The average Bonchev–Trinajstić information content (AvgIpc) is 3.57. The summed E-state index contributed by atoms with van der Waals surface area (Å²) in [5.41, 5.74) is 0.406. The van der Waals surface area contributed by atoms with Crippen LogP contribution >= 0.6 is 11.8 Å². The van der Waals surface area contributed by atoms with Crippen LogP contribution in [0, 0.1) is 5.82 Å². The van der Waals surface area contributed by atoms with Gasteiger partial charge >= 0.3 is 6.18 Å². The van der Waals surface area contributed by atoms with E-state index in [9.17, 15) is 27.2 Å². The summed E-state index contributed by atoms with van der Waals surface area (Å²) in [6.07, 6.45) is -2.61. The molecule has 0 bridgehead atoms. The molecule has 5 rings (SSSR count). The lowest BCUT2D eigenvalue weighted by atomic mass is 10.0. The number of nitrogens with zero attached hydrogens (tertiary/aromatic N) is 4. The van der Waals surface area contributed by atoms with Gasteiger partial charge < -0.3 is 14.4 Å². The van der Waals surface area contributed by atoms with E-state index in [2.05, 4.69) is 9.88 Å². The monoisotopic (exact) mass is 668 g/mol. The van der Waals surface area contributed by atoms with Crippen molar-refractivity contribution in [2.75, 3.05) is 26.2 Å². The Kier molecular flexibility index (Phi) is 10.3. The van der Waals surface area contributed by atoms with Crippen LogP contribution in [0.3, 0.4) is 0 Å². The molecule has 0 saturated heterocycles. The minimum atomic E-state index is -4.41. The topological polar surface area (TPSA) is 58.4 Å². The Morgan fingerprint density at radius 1 is 0.915 bits per heavy atom. The molecule has 4 aromatic rings. The van der Waals surface area contributed by atoms with Crippen LogP contribution in [0.25, 0.3) is 11.1 Å². The zero-order valence-corrected chi connectivity index (χ0v) is 27.1. The first kappa shape index (κ1) is 31.6. The van der Waals surface area contributed by atoms with Crippen LogP contribution in [0.5, 0.6) is 0 Å². The number of alkyl halides is 3. The molecule has 248 valence electrons. The van der Waals surface area contributed by atoms with Crippen LogP contribution in [0.15, 0.2) is 82.7 Å². The number of likely N-dealkylation sites (N-methyl/N-ethyl adjacent to an activating group) is 1. The number of hydrogen-bond acceptors (Lipinski definition) is 5. The van der Waals surface area contributed by atoms with Crippen molar-refractivity contribution in [2.45, 2.75) is 63.2 Å². The summed E-state index contributed by atoms with van der Waals surface area (Å²) in [6.45, 7) is 6.84. The van der Waals surface area contributed by atoms with E-state index in [4.69, 9.17) is 2.74 Å². The Balaban J connectivity index is 1.41. The van der Waals surface area contributed by atoms with Crippen LogP contribution < -0.4 is 5.56 Å².